The molecule has 180 valence electrons. The molecular formula is C24H27N3O7. The number of unbranched alkanes of at least 4 members (excludes halogenated alkanes) is 1. The first-order valence-electron chi connectivity index (χ1n) is 11.7. The summed E-state index contributed by atoms with van der Waals surface area (Å²) in [7, 11) is 0. The van der Waals surface area contributed by atoms with Crippen LogP contribution in [0.4, 0.5) is 0 Å². The summed E-state index contributed by atoms with van der Waals surface area (Å²) in [6, 6.07) is 3.74. The fraction of sp³-hybridized carbons (Fsp3) is 0.542. The minimum Gasteiger partial charge on any atom is -0.494 e. The first-order chi connectivity index (χ1) is 16.4. The van der Waals surface area contributed by atoms with E-state index in [1.807, 2.05) is 0 Å². The van der Waals surface area contributed by atoms with E-state index in [1.165, 1.54) is 6.07 Å². The number of benzene rings is 1. The maximum absolute atomic E-state index is 12.9. The molecule has 5 amide bonds. The number of nitrogens with zero attached hydrogens (tertiary/aromatic N) is 2. The lowest BCUT2D eigenvalue weighted by atomic mass is 9.62. The van der Waals surface area contributed by atoms with E-state index < -0.39 is 29.7 Å². The number of piperidine rings is 1. The number of nitrogens with one attached hydrogen (secondary N) is 1. The second kappa shape index (κ2) is 8.83. The molecule has 0 aromatic heterocycles. The number of ether oxygens (including phenoxy) is 2. The van der Waals surface area contributed by atoms with Crippen LogP contribution in [0.1, 0.15) is 59.2 Å². The standard InChI is InChI=1S/C24H27N3O7/c28-14-26-12-24(13-26)10-16(11-24)34-8-2-1-7-33-15-3-4-17-18(9-15)23(32)27(22(17)31)19-5-6-20(29)25-21(19)30/h3-4,9,14,16,19H,1-2,5-8,10-13H2,(H,25,29,30). The van der Waals surface area contributed by atoms with Crippen LogP contribution < -0.4 is 10.1 Å². The van der Waals surface area contributed by atoms with Crippen molar-refractivity contribution in [1.29, 1.82) is 0 Å². The quantitative estimate of drug-likeness (QED) is 0.324. The highest BCUT2D eigenvalue weighted by atomic mass is 16.5. The minimum absolute atomic E-state index is 0.0856. The van der Waals surface area contributed by atoms with Crippen LogP contribution in [-0.4, -0.2) is 78.3 Å². The summed E-state index contributed by atoms with van der Waals surface area (Å²) in [5, 5.41) is 2.18. The third-order valence-corrected chi connectivity index (χ3v) is 7.12. The lowest BCUT2D eigenvalue weighted by Gasteiger charge is -2.57. The van der Waals surface area contributed by atoms with E-state index in [9.17, 15) is 24.0 Å². The molecule has 34 heavy (non-hydrogen) atoms. The largest absolute Gasteiger partial charge is 0.494 e. The maximum Gasteiger partial charge on any atom is 0.262 e. The maximum atomic E-state index is 12.9. The Morgan fingerprint density at radius 2 is 1.76 bits per heavy atom. The third-order valence-electron chi connectivity index (χ3n) is 7.12. The van der Waals surface area contributed by atoms with E-state index in [4.69, 9.17) is 9.47 Å². The van der Waals surface area contributed by atoms with Crippen LogP contribution in [0.2, 0.25) is 0 Å². The van der Waals surface area contributed by atoms with Crippen molar-refractivity contribution in [1.82, 2.24) is 15.1 Å². The number of hydrogen-bond donors (Lipinski definition) is 1. The second-order valence-corrected chi connectivity index (χ2v) is 9.62. The van der Waals surface area contributed by atoms with Crippen molar-refractivity contribution in [2.75, 3.05) is 26.3 Å². The van der Waals surface area contributed by atoms with Crippen LogP contribution in [-0.2, 0) is 19.1 Å². The van der Waals surface area contributed by atoms with Crippen molar-refractivity contribution in [2.45, 2.75) is 50.7 Å². The van der Waals surface area contributed by atoms with Gasteiger partial charge in [-0.25, -0.2) is 0 Å². The molecule has 1 aromatic rings. The number of fused-ring (bicyclic) bond motifs is 1. The van der Waals surface area contributed by atoms with Crippen molar-refractivity contribution < 1.29 is 33.4 Å². The van der Waals surface area contributed by atoms with Gasteiger partial charge in [0.05, 0.1) is 23.8 Å². The molecule has 5 rings (SSSR count). The lowest BCUT2D eigenvalue weighted by molar-refractivity contribution is -0.161. The summed E-state index contributed by atoms with van der Waals surface area (Å²) in [5.41, 5.74) is 0.740. The average Bonchev–Trinajstić information content (AvgIpc) is 3.00. The van der Waals surface area contributed by atoms with Gasteiger partial charge in [-0.1, -0.05) is 0 Å². The summed E-state index contributed by atoms with van der Waals surface area (Å²) in [6.45, 7) is 2.80. The number of carbonyl (C=O) groups is 5. The zero-order chi connectivity index (χ0) is 23.9. The van der Waals surface area contributed by atoms with Crippen LogP contribution in [0.5, 0.6) is 5.75 Å². The molecule has 3 heterocycles. The van der Waals surface area contributed by atoms with Crippen LogP contribution in [0, 0.1) is 5.41 Å². The van der Waals surface area contributed by atoms with Gasteiger partial charge in [0.1, 0.15) is 11.8 Å². The number of imide groups is 2. The summed E-state index contributed by atoms with van der Waals surface area (Å²) in [6.07, 6.45) is 5.06. The third kappa shape index (κ3) is 4.06. The highest BCUT2D eigenvalue weighted by molar-refractivity contribution is 6.23. The van der Waals surface area contributed by atoms with Crippen molar-refractivity contribution in [3.8, 4) is 5.75 Å². The van der Waals surface area contributed by atoms with Gasteiger partial charge in [0.25, 0.3) is 11.8 Å². The lowest BCUT2D eigenvalue weighted by Crippen LogP contribution is -2.63. The molecule has 2 saturated heterocycles. The van der Waals surface area contributed by atoms with Gasteiger partial charge in [-0.2, -0.15) is 0 Å². The molecule has 1 aliphatic carbocycles. The number of hydrogen-bond acceptors (Lipinski definition) is 7. The van der Waals surface area contributed by atoms with Crippen LogP contribution >= 0.6 is 0 Å². The van der Waals surface area contributed by atoms with E-state index in [2.05, 4.69) is 5.32 Å². The topological polar surface area (TPSA) is 122 Å². The van der Waals surface area contributed by atoms with E-state index in [1.54, 1.807) is 17.0 Å². The molecule has 10 nitrogen and oxygen atoms in total. The molecule has 1 spiro atoms. The summed E-state index contributed by atoms with van der Waals surface area (Å²) in [4.78, 5) is 62.5. The Bertz CT molecular complexity index is 1040. The number of amides is 5. The molecule has 3 fully saturated rings. The van der Waals surface area contributed by atoms with Crippen LogP contribution in [0.25, 0.3) is 0 Å². The van der Waals surface area contributed by atoms with Crippen molar-refractivity contribution in [3.05, 3.63) is 29.3 Å². The van der Waals surface area contributed by atoms with Crippen molar-refractivity contribution in [2.24, 2.45) is 5.41 Å². The van der Waals surface area contributed by atoms with Gasteiger partial charge in [-0.15, -0.1) is 0 Å². The van der Waals surface area contributed by atoms with E-state index >= 15 is 0 Å². The molecule has 1 aromatic carbocycles. The molecule has 1 N–H and O–H groups in total. The molecule has 1 atom stereocenters. The Hall–Kier alpha value is -3.27. The smallest absolute Gasteiger partial charge is 0.262 e. The molecule has 10 heteroatoms. The highest BCUT2D eigenvalue weighted by Gasteiger charge is 2.52. The molecule has 4 aliphatic rings. The Morgan fingerprint density at radius 3 is 2.50 bits per heavy atom. The highest BCUT2D eigenvalue weighted by Crippen LogP contribution is 2.49. The van der Waals surface area contributed by atoms with Gasteiger partial charge >= 0.3 is 0 Å². The SMILES string of the molecule is O=CN1CC2(CC(OCCCCOc3ccc4c(c3)C(=O)N(C3CCC(=O)NC3=O)C4=O)C2)C1. The predicted molar refractivity (Wildman–Crippen MR) is 117 cm³/mol. The number of likely N-dealkylation sites (tertiary alicyclic amines) is 1. The Kier molecular flexibility index (Phi) is 5.85. The van der Waals surface area contributed by atoms with Gasteiger partial charge in [0.15, 0.2) is 0 Å². The number of rotatable bonds is 9. The zero-order valence-electron chi connectivity index (χ0n) is 18.8. The van der Waals surface area contributed by atoms with Crippen LogP contribution in [0.3, 0.4) is 0 Å². The summed E-state index contributed by atoms with van der Waals surface area (Å²) < 4.78 is 11.7. The summed E-state index contributed by atoms with van der Waals surface area (Å²) in [5.74, 6) is -1.63. The van der Waals surface area contributed by atoms with Gasteiger partial charge in [0, 0.05) is 31.5 Å². The molecule has 1 saturated carbocycles. The Balaban J connectivity index is 1.05. The van der Waals surface area contributed by atoms with Gasteiger partial charge < -0.3 is 14.4 Å². The molecule has 1 unspecified atom stereocenters. The minimum atomic E-state index is -0.978. The molecule has 3 aliphatic heterocycles. The van der Waals surface area contributed by atoms with Crippen LogP contribution in [0.15, 0.2) is 18.2 Å². The van der Waals surface area contributed by atoms with Gasteiger partial charge in [0.2, 0.25) is 18.2 Å². The fourth-order valence-electron chi connectivity index (χ4n) is 5.36. The summed E-state index contributed by atoms with van der Waals surface area (Å²) >= 11 is 0. The Labute approximate surface area is 196 Å². The van der Waals surface area contributed by atoms with Gasteiger partial charge in [-0.05, 0) is 50.3 Å². The van der Waals surface area contributed by atoms with E-state index in [0.717, 1.165) is 50.1 Å². The van der Waals surface area contributed by atoms with E-state index in [-0.39, 0.29) is 30.1 Å². The Morgan fingerprint density at radius 1 is 1.03 bits per heavy atom. The predicted octanol–water partition coefficient (Wildman–Crippen LogP) is 0.884. The molecule has 0 bridgehead atoms. The average molecular weight is 469 g/mol. The van der Waals surface area contributed by atoms with Crippen molar-refractivity contribution in [3.63, 3.8) is 0 Å². The number of carbonyl (C=O) groups excluding carboxylic acids is 5. The second-order valence-electron chi connectivity index (χ2n) is 9.62. The first-order valence-corrected chi connectivity index (χ1v) is 11.7. The van der Waals surface area contributed by atoms with E-state index in [0.29, 0.717) is 24.4 Å². The molecular weight excluding hydrogens is 442 g/mol. The molecule has 0 radical (unpaired) electrons. The first kappa shape index (κ1) is 22.5. The van der Waals surface area contributed by atoms with Crippen molar-refractivity contribution >= 4 is 30.0 Å². The normalized spacial score (nSPS) is 23.5. The zero-order valence-corrected chi connectivity index (χ0v) is 18.8. The monoisotopic (exact) mass is 469 g/mol. The fourth-order valence-corrected chi connectivity index (χ4v) is 5.36. The van der Waals surface area contributed by atoms with Gasteiger partial charge in [-0.3, -0.25) is 34.2 Å².